The van der Waals surface area contributed by atoms with Crippen molar-refractivity contribution < 1.29 is 0 Å². The first-order chi connectivity index (χ1) is 9.25. The van der Waals surface area contributed by atoms with E-state index in [1.165, 1.54) is 17.8 Å². The molecule has 1 aromatic rings. The van der Waals surface area contributed by atoms with Gasteiger partial charge in [0.25, 0.3) is 0 Å². The predicted octanol–water partition coefficient (Wildman–Crippen LogP) is 3.80. The molecule has 116 valence electrons. The molecule has 0 aliphatic carbocycles. The smallest absolute Gasteiger partial charge is 0.0624 e. The average Bonchev–Trinajstić information content (AvgIpc) is 2.68. The quantitative estimate of drug-likeness (QED) is 0.825. The Morgan fingerprint density at radius 2 is 1.95 bits per heavy atom. The van der Waals surface area contributed by atoms with Crippen molar-refractivity contribution in [3.05, 3.63) is 17.5 Å². The number of aromatic nitrogens is 2. The number of hydrogen-bond acceptors (Lipinski definition) is 2. The van der Waals surface area contributed by atoms with Gasteiger partial charge >= 0.3 is 0 Å². The summed E-state index contributed by atoms with van der Waals surface area (Å²) in [6, 6.07) is 2.46. The Balaban J connectivity index is 2.57. The topological polar surface area (TPSA) is 43.8 Å². The second-order valence-corrected chi connectivity index (χ2v) is 7.37. The van der Waals surface area contributed by atoms with Crippen molar-refractivity contribution in [1.29, 1.82) is 0 Å². The molecule has 20 heavy (non-hydrogen) atoms. The van der Waals surface area contributed by atoms with Gasteiger partial charge in [-0.3, -0.25) is 4.68 Å². The van der Waals surface area contributed by atoms with Gasteiger partial charge < -0.3 is 5.73 Å². The molecule has 0 bridgehead atoms. The number of nitrogens with zero attached hydrogens (tertiary/aromatic N) is 2. The Bertz CT molecular complexity index is 401. The summed E-state index contributed by atoms with van der Waals surface area (Å²) in [5, 5.41) is 4.60. The predicted molar refractivity (Wildman–Crippen MR) is 86.8 cm³/mol. The highest BCUT2D eigenvalue weighted by atomic mass is 15.3. The van der Waals surface area contributed by atoms with E-state index < -0.39 is 0 Å². The van der Waals surface area contributed by atoms with Crippen molar-refractivity contribution >= 4 is 0 Å². The van der Waals surface area contributed by atoms with E-state index in [2.05, 4.69) is 57.4 Å². The van der Waals surface area contributed by atoms with E-state index in [-0.39, 0.29) is 6.04 Å². The van der Waals surface area contributed by atoms with E-state index in [1.54, 1.807) is 0 Å². The van der Waals surface area contributed by atoms with Crippen LogP contribution in [0.15, 0.2) is 6.07 Å². The summed E-state index contributed by atoms with van der Waals surface area (Å²) >= 11 is 0. The summed E-state index contributed by atoms with van der Waals surface area (Å²) < 4.78 is 2.10. The molecule has 2 unspecified atom stereocenters. The fraction of sp³-hybridized carbons (Fsp3) is 0.824. The van der Waals surface area contributed by atoms with Gasteiger partial charge in [-0.15, -0.1) is 0 Å². The van der Waals surface area contributed by atoms with Gasteiger partial charge in [-0.2, -0.15) is 5.10 Å². The Hall–Kier alpha value is -0.830. The molecule has 0 aromatic carbocycles. The van der Waals surface area contributed by atoms with Crippen LogP contribution in [0.3, 0.4) is 0 Å². The molecule has 0 saturated carbocycles. The van der Waals surface area contributed by atoms with E-state index in [1.807, 2.05) is 0 Å². The lowest BCUT2D eigenvalue weighted by Gasteiger charge is -2.25. The minimum atomic E-state index is 0.235. The van der Waals surface area contributed by atoms with Gasteiger partial charge in [-0.25, -0.2) is 0 Å². The van der Waals surface area contributed by atoms with Crippen LogP contribution in [0.25, 0.3) is 0 Å². The molecule has 1 aromatic heterocycles. The third-order valence-electron chi connectivity index (χ3n) is 3.71. The van der Waals surface area contributed by atoms with Crippen molar-refractivity contribution in [2.75, 3.05) is 0 Å². The summed E-state index contributed by atoms with van der Waals surface area (Å²) in [4.78, 5) is 0. The van der Waals surface area contributed by atoms with Crippen LogP contribution < -0.4 is 5.73 Å². The molecule has 1 rings (SSSR count). The normalized spacial score (nSPS) is 15.3. The fourth-order valence-electron chi connectivity index (χ4n) is 3.12. The lowest BCUT2D eigenvalue weighted by atomic mass is 9.82. The van der Waals surface area contributed by atoms with Crippen LogP contribution in [0.1, 0.15) is 65.8 Å². The van der Waals surface area contributed by atoms with Gasteiger partial charge in [0.05, 0.1) is 5.69 Å². The highest BCUT2D eigenvalue weighted by Crippen LogP contribution is 2.26. The molecule has 0 spiro atoms. The van der Waals surface area contributed by atoms with Gasteiger partial charge in [0.15, 0.2) is 0 Å². The zero-order valence-electron chi connectivity index (χ0n) is 14.2. The van der Waals surface area contributed by atoms with Crippen molar-refractivity contribution in [2.24, 2.45) is 17.1 Å². The van der Waals surface area contributed by atoms with Crippen LogP contribution in [-0.2, 0) is 19.4 Å². The maximum Gasteiger partial charge on any atom is 0.0624 e. The van der Waals surface area contributed by atoms with Crippen molar-refractivity contribution in [1.82, 2.24) is 9.78 Å². The molecule has 2 N–H and O–H groups in total. The number of rotatable bonds is 7. The average molecular weight is 279 g/mol. The molecule has 0 saturated heterocycles. The third kappa shape index (κ3) is 5.66. The summed E-state index contributed by atoms with van der Waals surface area (Å²) in [5.41, 5.74) is 9.22. The van der Waals surface area contributed by atoms with Crippen LogP contribution in [0, 0.1) is 11.3 Å². The van der Waals surface area contributed by atoms with Gasteiger partial charge in [0, 0.05) is 24.7 Å². The molecule has 3 nitrogen and oxygen atoms in total. The van der Waals surface area contributed by atoms with E-state index in [0.717, 1.165) is 25.8 Å². The van der Waals surface area contributed by atoms with Gasteiger partial charge in [0.2, 0.25) is 0 Å². The molecule has 0 amide bonds. The van der Waals surface area contributed by atoms with E-state index in [4.69, 9.17) is 5.73 Å². The minimum absolute atomic E-state index is 0.235. The SMILES string of the molecule is CCc1cc(CC(N)CC(C)CC(C)(C)C)n(CC)n1. The van der Waals surface area contributed by atoms with Crippen LogP contribution in [0.2, 0.25) is 0 Å². The second-order valence-electron chi connectivity index (χ2n) is 7.37. The number of hydrogen-bond donors (Lipinski definition) is 1. The first-order valence-electron chi connectivity index (χ1n) is 8.06. The monoisotopic (exact) mass is 279 g/mol. The number of nitrogens with two attached hydrogens (primary N) is 1. The maximum atomic E-state index is 6.36. The van der Waals surface area contributed by atoms with Crippen LogP contribution >= 0.6 is 0 Å². The fourth-order valence-corrected chi connectivity index (χ4v) is 3.12. The van der Waals surface area contributed by atoms with Gasteiger partial charge in [0.1, 0.15) is 0 Å². The maximum absolute atomic E-state index is 6.36. The summed E-state index contributed by atoms with van der Waals surface area (Å²) in [5.74, 6) is 0.675. The third-order valence-corrected chi connectivity index (χ3v) is 3.71. The largest absolute Gasteiger partial charge is 0.327 e. The van der Waals surface area contributed by atoms with Crippen molar-refractivity contribution in [3.63, 3.8) is 0 Å². The van der Waals surface area contributed by atoms with E-state index >= 15 is 0 Å². The first-order valence-corrected chi connectivity index (χ1v) is 8.06. The Labute approximate surface area is 124 Å². The highest BCUT2D eigenvalue weighted by molar-refractivity contribution is 5.11. The highest BCUT2D eigenvalue weighted by Gasteiger charge is 2.18. The van der Waals surface area contributed by atoms with Gasteiger partial charge in [-0.05, 0) is 43.6 Å². The lowest BCUT2D eigenvalue weighted by Crippen LogP contribution is -2.28. The molecule has 1 heterocycles. The summed E-state index contributed by atoms with van der Waals surface area (Å²) in [7, 11) is 0. The van der Waals surface area contributed by atoms with Crippen LogP contribution in [0.5, 0.6) is 0 Å². The van der Waals surface area contributed by atoms with Crippen LogP contribution in [0.4, 0.5) is 0 Å². The molecule has 0 fully saturated rings. The summed E-state index contributed by atoms with van der Waals surface area (Å²) in [6.45, 7) is 14.4. The molecule has 0 aliphatic rings. The van der Waals surface area contributed by atoms with E-state index in [9.17, 15) is 0 Å². The van der Waals surface area contributed by atoms with Crippen LogP contribution in [-0.4, -0.2) is 15.8 Å². The molecular formula is C17H33N3. The Kier molecular flexibility index (Phi) is 6.25. The first kappa shape index (κ1) is 17.2. The lowest BCUT2D eigenvalue weighted by molar-refractivity contribution is 0.284. The van der Waals surface area contributed by atoms with Crippen molar-refractivity contribution in [3.8, 4) is 0 Å². The Morgan fingerprint density at radius 3 is 2.45 bits per heavy atom. The summed E-state index contributed by atoms with van der Waals surface area (Å²) in [6.07, 6.45) is 4.26. The second kappa shape index (κ2) is 7.26. The molecular weight excluding hydrogens is 246 g/mol. The molecule has 3 heteroatoms. The minimum Gasteiger partial charge on any atom is -0.327 e. The van der Waals surface area contributed by atoms with Gasteiger partial charge in [-0.1, -0.05) is 34.6 Å². The van der Waals surface area contributed by atoms with E-state index in [0.29, 0.717) is 11.3 Å². The van der Waals surface area contributed by atoms with Crippen molar-refractivity contribution in [2.45, 2.75) is 79.8 Å². The molecule has 2 atom stereocenters. The number of aryl methyl sites for hydroxylation is 2. The zero-order valence-corrected chi connectivity index (χ0v) is 14.2. The Morgan fingerprint density at radius 1 is 1.30 bits per heavy atom. The standard InChI is InChI=1S/C17H33N3/c1-7-15-11-16(20(8-2)19-15)10-14(18)9-13(3)12-17(4,5)6/h11,13-14H,7-10,12,18H2,1-6H3. The molecule has 0 aliphatic heterocycles. The molecule has 0 radical (unpaired) electrons. The zero-order chi connectivity index (χ0) is 15.3.